The fraction of sp³-hybridized carbons (Fsp3) is 0.611. The number of rotatable bonds is 3. The van der Waals surface area contributed by atoms with Gasteiger partial charge in [-0.15, -0.1) is 0 Å². The van der Waals surface area contributed by atoms with Gasteiger partial charge in [0.25, 0.3) is 0 Å². The SMILES string of the molecule is Cc1ccc2c(c1)N(C(=O)CCC1CCNCC1)CCC2. The molecule has 21 heavy (non-hydrogen) atoms. The number of anilines is 1. The number of hydrogen-bond acceptors (Lipinski definition) is 2. The van der Waals surface area contributed by atoms with Gasteiger partial charge in [0.2, 0.25) is 5.91 Å². The summed E-state index contributed by atoms with van der Waals surface area (Å²) in [7, 11) is 0. The van der Waals surface area contributed by atoms with Crippen LogP contribution in [0.4, 0.5) is 5.69 Å². The molecule has 2 aliphatic rings. The molecule has 0 aliphatic carbocycles. The fourth-order valence-electron chi connectivity index (χ4n) is 3.58. The van der Waals surface area contributed by atoms with Crippen LogP contribution in [0, 0.1) is 12.8 Å². The third-order valence-electron chi connectivity index (χ3n) is 4.89. The zero-order valence-electron chi connectivity index (χ0n) is 13.0. The predicted octanol–water partition coefficient (Wildman–Crippen LogP) is 3.05. The Hall–Kier alpha value is -1.35. The standard InChI is InChI=1S/C18H26N2O/c1-14-4-6-16-3-2-12-20(17(16)13-14)18(21)7-5-15-8-10-19-11-9-15/h4,6,13,15,19H,2-3,5,7-12H2,1H3. The predicted molar refractivity (Wildman–Crippen MR) is 86.7 cm³/mol. The molecule has 1 amide bonds. The second kappa shape index (κ2) is 6.61. The van der Waals surface area contributed by atoms with E-state index >= 15 is 0 Å². The Morgan fingerprint density at radius 1 is 1.33 bits per heavy atom. The third kappa shape index (κ3) is 3.46. The van der Waals surface area contributed by atoms with Gasteiger partial charge < -0.3 is 10.2 Å². The van der Waals surface area contributed by atoms with E-state index in [2.05, 4.69) is 30.4 Å². The summed E-state index contributed by atoms with van der Waals surface area (Å²) in [5.41, 5.74) is 3.74. The van der Waals surface area contributed by atoms with E-state index in [0.717, 1.165) is 50.5 Å². The lowest BCUT2D eigenvalue weighted by molar-refractivity contribution is -0.119. The van der Waals surface area contributed by atoms with Crippen molar-refractivity contribution in [3.8, 4) is 0 Å². The molecule has 0 atom stereocenters. The summed E-state index contributed by atoms with van der Waals surface area (Å²) in [5.74, 6) is 1.05. The van der Waals surface area contributed by atoms with Crippen molar-refractivity contribution in [3.63, 3.8) is 0 Å². The van der Waals surface area contributed by atoms with E-state index in [1.807, 2.05) is 4.90 Å². The van der Waals surface area contributed by atoms with Gasteiger partial charge >= 0.3 is 0 Å². The van der Waals surface area contributed by atoms with Crippen molar-refractivity contribution < 1.29 is 4.79 Å². The Morgan fingerprint density at radius 3 is 2.95 bits per heavy atom. The maximum Gasteiger partial charge on any atom is 0.226 e. The van der Waals surface area contributed by atoms with E-state index in [1.54, 1.807) is 0 Å². The molecule has 2 aliphatic heterocycles. The van der Waals surface area contributed by atoms with Crippen LogP contribution in [0.15, 0.2) is 18.2 Å². The minimum absolute atomic E-state index is 0.320. The monoisotopic (exact) mass is 286 g/mol. The molecule has 2 heterocycles. The Morgan fingerprint density at radius 2 is 2.14 bits per heavy atom. The maximum atomic E-state index is 12.6. The smallest absolute Gasteiger partial charge is 0.226 e. The molecule has 0 spiro atoms. The number of benzene rings is 1. The van der Waals surface area contributed by atoms with E-state index in [9.17, 15) is 4.79 Å². The number of hydrogen-bond donors (Lipinski definition) is 1. The van der Waals surface area contributed by atoms with Crippen molar-refractivity contribution in [2.75, 3.05) is 24.5 Å². The number of nitrogens with one attached hydrogen (secondary N) is 1. The Bertz CT molecular complexity index is 506. The van der Waals surface area contributed by atoms with Crippen LogP contribution in [0.5, 0.6) is 0 Å². The van der Waals surface area contributed by atoms with Gasteiger partial charge in [0.05, 0.1) is 0 Å². The molecule has 0 bridgehead atoms. The van der Waals surface area contributed by atoms with Gasteiger partial charge in [-0.05, 0) is 75.2 Å². The first kappa shape index (κ1) is 14.6. The first-order valence-corrected chi connectivity index (χ1v) is 8.34. The molecule has 1 saturated heterocycles. The number of amides is 1. The topological polar surface area (TPSA) is 32.3 Å². The number of carbonyl (C=O) groups is 1. The normalized spacial score (nSPS) is 19.4. The molecule has 114 valence electrons. The van der Waals surface area contributed by atoms with Crippen LogP contribution in [0.1, 0.15) is 43.2 Å². The summed E-state index contributed by atoms with van der Waals surface area (Å²) in [6, 6.07) is 6.52. The number of nitrogens with zero attached hydrogens (tertiary/aromatic N) is 1. The lowest BCUT2D eigenvalue weighted by Crippen LogP contribution is -2.36. The second-order valence-electron chi connectivity index (χ2n) is 6.51. The average Bonchev–Trinajstić information content (AvgIpc) is 2.53. The van der Waals surface area contributed by atoms with Crippen molar-refractivity contribution in [3.05, 3.63) is 29.3 Å². The second-order valence-corrected chi connectivity index (χ2v) is 6.51. The van der Waals surface area contributed by atoms with Gasteiger partial charge in [-0.2, -0.15) is 0 Å². The van der Waals surface area contributed by atoms with Gasteiger partial charge in [0, 0.05) is 18.7 Å². The fourth-order valence-corrected chi connectivity index (χ4v) is 3.58. The van der Waals surface area contributed by atoms with Crippen molar-refractivity contribution in [1.82, 2.24) is 5.32 Å². The molecule has 3 heteroatoms. The molecule has 0 radical (unpaired) electrons. The Kier molecular flexibility index (Phi) is 4.59. The Balaban J connectivity index is 1.64. The molecule has 1 aromatic carbocycles. The zero-order chi connectivity index (χ0) is 14.7. The van der Waals surface area contributed by atoms with Crippen LogP contribution in [0.3, 0.4) is 0 Å². The lowest BCUT2D eigenvalue weighted by atomic mass is 9.92. The highest BCUT2D eigenvalue weighted by Gasteiger charge is 2.23. The van der Waals surface area contributed by atoms with Crippen LogP contribution >= 0.6 is 0 Å². The number of fused-ring (bicyclic) bond motifs is 1. The molecule has 1 fully saturated rings. The number of aryl methyl sites for hydroxylation is 2. The molecular weight excluding hydrogens is 260 g/mol. The van der Waals surface area contributed by atoms with Crippen molar-refractivity contribution >= 4 is 11.6 Å². The molecule has 1 aromatic rings. The van der Waals surface area contributed by atoms with E-state index in [-0.39, 0.29) is 0 Å². The third-order valence-corrected chi connectivity index (χ3v) is 4.89. The molecule has 0 saturated carbocycles. The summed E-state index contributed by atoms with van der Waals surface area (Å²) in [6.07, 6.45) is 6.41. The molecule has 3 nitrogen and oxygen atoms in total. The summed E-state index contributed by atoms with van der Waals surface area (Å²) in [4.78, 5) is 14.7. The van der Waals surface area contributed by atoms with Crippen molar-refractivity contribution in [2.45, 2.75) is 45.4 Å². The lowest BCUT2D eigenvalue weighted by Gasteiger charge is -2.31. The highest BCUT2D eigenvalue weighted by Crippen LogP contribution is 2.29. The van der Waals surface area contributed by atoms with Crippen LogP contribution in [-0.2, 0) is 11.2 Å². The van der Waals surface area contributed by atoms with Gasteiger partial charge in [0.1, 0.15) is 0 Å². The Labute approximate surface area is 127 Å². The first-order chi connectivity index (χ1) is 10.2. The van der Waals surface area contributed by atoms with Crippen molar-refractivity contribution in [2.24, 2.45) is 5.92 Å². The maximum absolute atomic E-state index is 12.6. The largest absolute Gasteiger partial charge is 0.317 e. The van der Waals surface area contributed by atoms with Gasteiger partial charge in [-0.25, -0.2) is 0 Å². The molecule has 3 rings (SSSR count). The van der Waals surface area contributed by atoms with E-state index in [4.69, 9.17) is 0 Å². The quantitative estimate of drug-likeness (QED) is 0.926. The van der Waals surface area contributed by atoms with E-state index < -0.39 is 0 Å². The van der Waals surface area contributed by atoms with E-state index in [1.165, 1.54) is 24.0 Å². The minimum Gasteiger partial charge on any atom is -0.317 e. The van der Waals surface area contributed by atoms with Gasteiger partial charge in [0.15, 0.2) is 0 Å². The van der Waals surface area contributed by atoms with E-state index in [0.29, 0.717) is 12.3 Å². The summed E-state index contributed by atoms with van der Waals surface area (Å²) in [5, 5.41) is 3.39. The molecule has 1 N–H and O–H groups in total. The first-order valence-electron chi connectivity index (χ1n) is 8.34. The van der Waals surface area contributed by atoms with Crippen LogP contribution in [-0.4, -0.2) is 25.5 Å². The van der Waals surface area contributed by atoms with Crippen LogP contribution in [0.2, 0.25) is 0 Å². The zero-order valence-corrected chi connectivity index (χ0v) is 13.0. The van der Waals surface area contributed by atoms with Crippen LogP contribution < -0.4 is 10.2 Å². The van der Waals surface area contributed by atoms with Crippen LogP contribution in [0.25, 0.3) is 0 Å². The highest BCUT2D eigenvalue weighted by molar-refractivity contribution is 5.94. The van der Waals surface area contributed by atoms with Crippen molar-refractivity contribution in [1.29, 1.82) is 0 Å². The average molecular weight is 286 g/mol. The molecule has 0 aromatic heterocycles. The minimum atomic E-state index is 0.320. The number of carbonyl (C=O) groups excluding carboxylic acids is 1. The summed E-state index contributed by atoms with van der Waals surface area (Å²) < 4.78 is 0. The molecule has 0 unspecified atom stereocenters. The molecular formula is C18H26N2O. The van der Waals surface area contributed by atoms with Gasteiger partial charge in [-0.3, -0.25) is 4.79 Å². The summed E-state index contributed by atoms with van der Waals surface area (Å²) >= 11 is 0. The van der Waals surface area contributed by atoms with Gasteiger partial charge in [-0.1, -0.05) is 12.1 Å². The summed E-state index contributed by atoms with van der Waals surface area (Å²) in [6.45, 7) is 5.23. The highest BCUT2D eigenvalue weighted by atomic mass is 16.2. The number of piperidine rings is 1.